The number of ether oxygens (including phenoxy) is 1. The third-order valence-electron chi connectivity index (χ3n) is 2.76. The number of rotatable bonds is 8. The number of nitrogens with two attached hydrogens (primary N) is 1. The lowest BCUT2D eigenvalue weighted by molar-refractivity contribution is -0.119. The molecule has 4 N–H and O–H groups in total. The predicted octanol–water partition coefficient (Wildman–Crippen LogP) is 1.52. The van der Waals surface area contributed by atoms with E-state index in [1.807, 2.05) is 0 Å². The van der Waals surface area contributed by atoms with Crippen molar-refractivity contribution in [2.75, 3.05) is 26.0 Å². The fourth-order valence-electron chi connectivity index (χ4n) is 1.72. The second-order valence-corrected chi connectivity index (χ2v) is 5.60. The number of hydrogen-bond donors (Lipinski definition) is 3. The SMILES string of the molecule is COCCNC=Nc1sc(N)nc1-c1ccc(CNC(C)=O)o1. The minimum absolute atomic E-state index is 0.117. The maximum absolute atomic E-state index is 10.9. The fourth-order valence-corrected chi connectivity index (χ4v) is 2.40. The van der Waals surface area contributed by atoms with Crippen molar-refractivity contribution in [3.8, 4) is 11.5 Å². The molecule has 2 heterocycles. The van der Waals surface area contributed by atoms with Crippen LogP contribution in [0, 0.1) is 0 Å². The molecule has 0 aliphatic carbocycles. The van der Waals surface area contributed by atoms with Gasteiger partial charge >= 0.3 is 0 Å². The van der Waals surface area contributed by atoms with E-state index in [9.17, 15) is 4.79 Å². The lowest BCUT2D eigenvalue weighted by Crippen LogP contribution is -2.18. The number of carbonyl (C=O) groups is 1. The molecule has 2 aromatic rings. The van der Waals surface area contributed by atoms with Crippen LogP contribution in [0.1, 0.15) is 12.7 Å². The number of nitrogen functional groups attached to an aromatic ring is 1. The smallest absolute Gasteiger partial charge is 0.217 e. The van der Waals surface area contributed by atoms with Gasteiger partial charge < -0.3 is 25.5 Å². The van der Waals surface area contributed by atoms with Crippen molar-refractivity contribution in [3.63, 3.8) is 0 Å². The molecule has 0 bridgehead atoms. The zero-order chi connectivity index (χ0) is 16.7. The Hall–Kier alpha value is -2.39. The third kappa shape index (κ3) is 5.08. The molecule has 0 saturated heterocycles. The number of aliphatic imine (C=N–C) groups is 1. The van der Waals surface area contributed by atoms with Crippen molar-refractivity contribution >= 4 is 33.7 Å². The van der Waals surface area contributed by atoms with Crippen LogP contribution in [0.15, 0.2) is 21.5 Å². The molecular formula is C14H19N5O3S. The molecular weight excluding hydrogens is 318 g/mol. The van der Waals surface area contributed by atoms with Gasteiger partial charge in [0, 0.05) is 20.6 Å². The van der Waals surface area contributed by atoms with Gasteiger partial charge in [0.25, 0.3) is 0 Å². The molecule has 1 amide bonds. The topological polar surface area (TPSA) is 115 Å². The van der Waals surface area contributed by atoms with Crippen LogP contribution >= 0.6 is 11.3 Å². The Bertz CT molecular complexity index is 680. The maximum atomic E-state index is 10.9. The molecule has 0 radical (unpaired) electrons. The average molecular weight is 337 g/mol. The van der Waals surface area contributed by atoms with E-state index in [1.54, 1.807) is 25.6 Å². The number of aromatic nitrogens is 1. The molecule has 0 aromatic carbocycles. The van der Waals surface area contributed by atoms with E-state index < -0.39 is 0 Å². The molecule has 23 heavy (non-hydrogen) atoms. The first kappa shape index (κ1) is 17.0. The first-order valence-electron chi connectivity index (χ1n) is 6.95. The van der Waals surface area contributed by atoms with Gasteiger partial charge in [-0.1, -0.05) is 11.3 Å². The molecule has 9 heteroatoms. The normalized spacial score (nSPS) is 11.0. The summed E-state index contributed by atoms with van der Waals surface area (Å²) in [7, 11) is 1.64. The number of thiazole rings is 1. The monoisotopic (exact) mass is 337 g/mol. The van der Waals surface area contributed by atoms with E-state index >= 15 is 0 Å². The fraction of sp³-hybridized carbons (Fsp3) is 0.357. The summed E-state index contributed by atoms with van der Waals surface area (Å²) < 4.78 is 10.6. The molecule has 0 aliphatic heterocycles. The van der Waals surface area contributed by atoms with Crippen LogP contribution in [0.3, 0.4) is 0 Å². The zero-order valence-corrected chi connectivity index (χ0v) is 13.8. The summed E-state index contributed by atoms with van der Waals surface area (Å²) in [4.78, 5) is 19.5. The molecule has 0 fully saturated rings. The molecule has 0 unspecified atom stereocenters. The largest absolute Gasteiger partial charge is 0.457 e. The van der Waals surface area contributed by atoms with Gasteiger partial charge in [-0.3, -0.25) is 4.79 Å². The van der Waals surface area contributed by atoms with Crippen molar-refractivity contribution < 1.29 is 13.9 Å². The van der Waals surface area contributed by atoms with Crippen molar-refractivity contribution in [2.45, 2.75) is 13.5 Å². The van der Waals surface area contributed by atoms with Gasteiger partial charge in [0.15, 0.2) is 15.9 Å². The lowest BCUT2D eigenvalue weighted by Gasteiger charge is -1.99. The quantitative estimate of drug-likeness (QED) is 0.382. The number of methoxy groups -OCH3 is 1. The molecule has 2 rings (SSSR count). The van der Waals surface area contributed by atoms with Crippen LogP contribution in [0.25, 0.3) is 11.5 Å². The zero-order valence-electron chi connectivity index (χ0n) is 13.0. The second kappa shape index (κ2) is 8.30. The Morgan fingerprint density at radius 1 is 1.57 bits per heavy atom. The highest BCUT2D eigenvalue weighted by Crippen LogP contribution is 2.37. The highest BCUT2D eigenvalue weighted by molar-refractivity contribution is 7.19. The Balaban J connectivity index is 2.08. The highest BCUT2D eigenvalue weighted by atomic mass is 32.1. The minimum Gasteiger partial charge on any atom is -0.457 e. The van der Waals surface area contributed by atoms with Crippen molar-refractivity contribution in [3.05, 3.63) is 17.9 Å². The van der Waals surface area contributed by atoms with E-state index in [0.29, 0.717) is 47.0 Å². The molecule has 0 atom stereocenters. The second-order valence-electron chi connectivity index (χ2n) is 4.59. The first-order valence-corrected chi connectivity index (χ1v) is 7.76. The summed E-state index contributed by atoms with van der Waals surface area (Å²) in [5.41, 5.74) is 6.34. The predicted molar refractivity (Wildman–Crippen MR) is 89.8 cm³/mol. The van der Waals surface area contributed by atoms with E-state index in [1.165, 1.54) is 18.3 Å². The summed E-state index contributed by atoms with van der Waals surface area (Å²) in [5, 5.41) is 6.73. The molecule has 8 nitrogen and oxygen atoms in total. The lowest BCUT2D eigenvalue weighted by atomic mass is 10.3. The Morgan fingerprint density at radius 2 is 2.39 bits per heavy atom. The third-order valence-corrected chi connectivity index (χ3v) is 3.55. The first-order chi connectivity index (χ1) is 11.1. The standard InChI is InChI=1S/C14H19N5O3S/c1-9(20)17-7-10-3-4-11(22-10)12-13(23-14(15)19-12)18-8-16-5-6-21-2/h3-4,8H,5-7H2,1-2H3,(H2,15,19)(H,16,18)(H,17,20). The van der Waals surface area contributed by atoms with E-state index in [2.05, 4.69) is 20.6 Å². The Kier molecular flexibility index (Phi) is 6.12. The number of furan rings is 1. The van der Waals surface area contributed by atoms with Crippen molar-refractivity contribution in [1.29, 1.82) is 0 Å². The molecule has 2 aromatic heterocycles. The maximum Gasteiger partial charge on any atom is 0.217 e. The van der Waals surface area contributed by atoms with Crippen LogP contribution in [-0.2, 0) is 16.1 Å². The number of carbonyl (C=O) groups excluding carboxylic acids is 1. The summed E-state index contributed by atoms with van der Waals surface area (Å²) in [5.74, 6) is 1.07. The van der Waals surface area contributed by atoms with Gasteiger partial charge in [-0.15, -0.1) is 0 Å². The molecule has 0 saturated carbocycles. The Labute approximate surface area is 137 Å². The van der Waals surface area contributed by atoms with Crippen LogP contribution in [0.4, 0.5) is 10.1 Å². The van der Waals surface area contributed by atoms with Gasteiger partial charge in [-0.2, -0.15) is 0 Å². The van der Waals surface area contributed by atoms with Gasteiger partial charge in [-0.05, 0) is 12.1 Å². The highest BCUT2D eigenvalue weighted by Gasteiger charge is 2.15. The van der Waals surface area contributed by atoms with E-state index in [-0.39, 0.29) is 5.91 Å². The van der Waals surface area contributed by atoms with Crippen molar-refractivity contribution in [1.82, 2.24) is 15.6 Å². The summed E-state index contributed by atoms with van der Waals surface area (Å²) in [6.45, 7) is 3.03. The average Bonchev–Trinajstić information content (AvgIpc) is 3.11. The van der Waals surface area contributed by atoms with Crippen molar-refractivity contribution in [2.24, 2.45) is 4.99 Å². The van der Waals surface area contributed by atoms with Crippen LogP contribution in [0.2, 0.25) is 0 Å². The molecule has 124 valence electrons. The van der Waals surface area contributed by atoms with Gasteiger partial charge in [0.2, 0.25) is 5.91 Å². The number of hydrogen-bond acceptors (Lipinski definition) is 7. The van der Waals surface area contributed by atoms with Crippen LogP contribution in [-0.4, -0.2) is 37.5 Å². The Morgan fingerprint density at radius 3 is 3.13 bits per heavy atom. The summed E-state index contributed by atoms with van der Waals surface area (Å²) in [6, 6.07) is 3.56. The summed E-state index contributed by atoms with van der Waals surface area (Å²) in [6.07, 6.45) is 1.58. The van der Waals surface area contributed by atoms with Crippen LogP contribution < -0.4 is 16.4 Å². The van der Waals surface area contributed by atoms with E-state index in [4.69, 9.17) is 14.9 Å². The molecule has 0 spiro atoms. The number of nitrogens with one attached hydrogen (secondary N) is 2. The van der Waals surface area contributed by atoms with E-state index in [0.717, 1.165) is 0 Å². The number of anilines is 1. The summed E-state index contributed by atoms with van der Waals surface area (Å²) >= 11 is 1.27. The number of amides is 1. The van der Waals surface area contributed by atoms with Gasteiger partial charge in [-0.25, -0.2) is 9.98 Å². The van der Waals surface area contributed by atoms with Gasteiger partial charge in [0.1, 0.15) is 11.5 Å². The molecule has 0 aliphatic rings. The van der Waals surface area contributed by atoms with Crippen LogP contribution in [0.5, 0.6) is 0 Å². The number of nitrogens with zero attached hydrogens (tertiary/aromatic N) is 2. The van der Waals surface area contributed by atoms with Gasteiger partial charge in [0.05, 0.1) is 19.5 Å². The minimum atomic E-state index is -0.117.